The number of aryl methyl sites for hydroxylation is 1. The highest BCUT2D eigenvalue weighted by Crippen LogP contribution is 2.22. The second kappa shape index (κ2) is 17.9. The Balaban J connectivity index is -0.000000269. The number of hydrogen-bond donors (Lipinski definition) is 0. The van der Waals surface area contributed by atoms with E-state index in [2.05, 4.69) is 30.5 Å². The average molecular weight is 361 g/mol. The molecule has 1 rings (SSSR count). The third-order valence-corrected chi connectivity index (χ3v) is 3.90. The van der Waals surface area contributed by atoms with Crippen LogP contribution in [0, 0.1) is 0 Å². The molecule has 0 atom stereocenters. The van der Waals surface area contributed by atoms with E-state index in [4.69, 9.17) is 9.47 Å². The standard InChI is InChI=1S/C8H18O.C5H12O.C4H6N2.C3H8O/c1-5-8(6-2,7-3)9-4;1-5(2,3)6-4;1-6-3-2-5-4-6;1-3-4-2/h5-7H2,1-4H3;1-4H3;2-4H,1H3;3H2,1-2H3. The first-order valence-corrected chi connectivity index (χ1v) is 9.12. The maximum atomic E-state index is 5.39. The molecule has 25 heavy (non-hydrogen) atoms. The molecule has 0 spiro atoms. The number of ether oxygens (including phenoxy) is 3. The van der Waals surface area contributed by atoms with Crippen LogP contribution in [0.1, 0.15) is 67.7 Å². The molecule has 0 bridgehead atoms. The highest BCUT2D eigenvalue weighted by atomic mass is 16.5. The van der Waals surface area contributed by atoms with Crippen molar-refractivity contribution in [3.63, 3.8) is 0 Å². The number of imidazole rings is 1. The lowest BCUT2D eigenvalue weighted by atomic mass is 9.94. The molecule has 0 unspecified atom stereocenters. The van der Waals surface area contributed by atoms with E-state index in [0.717, 1.165) is 25.9 Å². The fraction of sp³-hybridized carbons (Fsp3) is 0.850. The quantitative estimate of drug-likeness (QED) is 0.732. The molecule has 152 valence electrons. The van der Waals surface area contributed by atoms with Crippen LogP contribution in [-0.2, 0) is 21.3 Å². The Morgan fingerprint density at radius 2 is 1.28 bits per heavy atom. The summed E-state index contributed by atoms with van der Waals surface area (Å²) in [5.74, 6) is 0. The van der Waals surface area contributed by atoms with Crippen LogP contribution in [0.2, 0.25) is 0 Å². The van der Waals surface area contributed by atoms with Crippen LogP contribution in [-0.4, -0.2) is 48.7 Å². The minimum atomic E-state index is 0.0417. The molecule has 5 nitrogen and oxygen atoms in total. The smallest absolute Gasteiger partial charge is 0.0943 e. The molecule has 0 amide bonds. The van der Waals surface area contributed by atoms with Crippen LogP contribution in [0.5, 0.6) is 0 Å². The lowest BCUT2D eigenvalue weighted by Gasteiger charge is -2.28. The Morgan fingerprint density at radius 3 is 1.32 bits per heavy atom. The van der Waals surface area contributed by atoms with Crippen LogP contribution >= 0.6 is 0 Å². The Morgan fingerprint density at radius 1 is 0.880 bits per heavy atom. The van der Waals surface area contributed by atoms with E-state index in [1.165, 1.54) is 0 Å². The first kappa shape index (κ1) is 28.9. The van der Waals surface area contributed by atoms with Gasteiger partial charge in [-0.05, 0) is 47.0 Å². The van der Waals surface area contributed by atoms with Gasteiger partial charge in [0.1, 0.15) is 0 Å². The summed E-state index contributed by atoms with van der Waals surface area (Å²) < 4.78 is 16.8. The van der Waals surface area contributed by atoms with Crippen molar-refractivity contribution < 1.29 is 14.2 Å². The van der Waals surface area contributed by atoms with Crippen molar-refractivity contribution in [2.24, 2.45) is 7.05 Å². The Kier molecular flexibility index (Phi) is 20.7. The fourth-order valence-corrected chi connectivity index (χ4v) is 1.51. The van der Waals surface area contributed by atoms with Gasteiger partial charge in [0.05, 0.1) is 17.5 Å². The SMILES string of the molecule is CCC(CC)(CC)OC.CCOC.COC(C)(C)C.Cn1ccnc1. The predicted molar refractivity (Wildman–Crippen MR) is 108 cm³/mol. The average Bonchev–Trinajstić information content (AvgIpc) is 3.09. The number of aromatic nitrogens is 2. The topological polar surface area (TPSA) is 45.5 Å². The number of nitrogens with zero attached hydrogens (tertiary/aromatic N) is 2. The zero-order chi connectivity index (χ0) is 20.4. The second-order valence-electron chi connectivity index (χ2n) is 6.57. The molecule has 0 aliphatic carbocycles. The van der Waals surface area contributed by atoms with Gasteiger partial charge in [-0.3, -0.25) is 0 Å². The summed E-state index contributed by atoms with van der Waals surface area (Å²) in [6.07, 6.45) is 8.75. The molecule has 1 aromatic heterocycles. The first-order valence-electron chi connectivity index (χ1n) is 9.12. The largest absolute Gasteiger partial charge is 0.385 e. The first-order chi connectivity index (χ1) is 11.6. The summed E-state index contributed by atoms with van der Waals surface area (Å²) in [6, 6.07) is 0. The van der Waals surface area contributed by atoms with Gasteiger partial charge in [0.15, 0.2) is 0 Å². The Labute approximate surface area is 157 Å². The minimum absolute atomic E-state index is 0.0417. The Bertz CT molecular complexity index is 323. The summed E-state index contributed by atoms with van der Waals surface area (Å²) in [6.45, 7) is 15.4. The van der Waals surface area contributed by atoms with Crippen molar-refractivity contribution in [2.75, 3.05) is 27.9 Å². The molecule has 0 saturated heterocycles. The fourth-order valence-electron chi connectivity index (χ4n) is 1.51. The van der Waals surface area contributed by atoms with Gasteiger partial charge < -0.3 is 18.8 Å². The maximum absolute atomic E-state index is 5.39. The van der Waals surface area contributed by atoms with Crippen LogP contribution in [0.4, 0.5) is 0 Å². The molecule has 0 N–H and O–H groups in total. The van der Waals surface area contributed by atoms with Crippen molar-refractivity contribution in [3.05, 3.63) is 18.7 Å². The summed E-state index contributed by atoms with van der Waals surface area (Å²) in [7, 11) is 7.13. The molecule has 0 aliphatic heterocycles. The summed E-state index contributed by atoms with van der Waals surface area (Å²) in [4.78, 5) is 3.78. The monoisotopic (exact) mass is 360 g/mol. The normalized spacial score (nSPS) is 10.5. The zero-order valence-electron chi connectivity index (χ0n) is 18.7. The number of hydrogen-bond acceptors (Lipinski definition) is 4. The molecule has 0 aromatic carbocycles. The molecular formula is C20H44N2O3. The van der Waals surface area contributed by atoms with Crippen molar-refractivity contribution in [3.8, 4) is 0 Å². The van der Waals surface area contributed by atoms with Gasteiger partial charge in [0.25, 0.3) is 0 Å². The number of rotatable bonds is 5. The molecule has 0 saturated carbocycles. The van der Waals surface area contributed by atoms with Crippen molar-refractivity contribution in [1.29, 1.82) is 0 Å². The van der Waals surface area contributed by atoms with Gasteiger partial charge in [-0.25, -0.2) is 4.98 Å². The van der Waals surface area contributed by atoms with Crippen LogP contribution in [0.15, 0.2) is 18.7 Å². The number of methoxy groups -OCH3 is 3. The van der Waals surface area contributed by atoms with E-state index < -0.39 is 0 Å². The highest BCUT2D eigenvalue weighted by molar-refractivity contribution is 4.74. The Hall–Kier alpha value is -0.910. The van der Waals surface area contributed by atoms with Crippen molar-refractivity contribution >= 4 is 0 Å². The molecule has 0 radical (unpaired) electrons. The van der Waals surface area contributed by atoms with Crippen LogP contribution < -0.4 is 0 Å². The molecule has 5 heteroatoms. The third-order valence-electron chi connectivity index (χ3n) is 3.90. The predicted octanol–water partition coefficient (Wildman–Crippen LogP) is 5.11. The third kappa shape index (κ3) is 21.0. The summed E-state index contributed by atoms with van der Waals surface area (Å²) in [5, 5.41) is 0. The van der Waals surface area contributed by atoms with Gasteiger partial charge in [-0.15, -0.1) is 0 Å². The van der Waals surface area contributed by atoms with Gasteiger partial charge in [-0.1, -0.05) is 20.8 Å². The van der Waals surface area contributed by atoms with E-state index in [-0.39, 0.29) is 11.2 Å². The van der Waals surface area contributed by atoms with Crippen LogP contribution in [0.3, 0.4) is 0 Å². The second-order valence-corrected chi connectivity index (χ2v) is 6.57. The molecule has 1 aromatic rings. The lowest BCUT2D eigenvalue weighted by molar-refractivity contribution is -0.0197. The van der Waals surface area contributed by atoms with Gasteiger partial charge in [0.2, 0.25) is 0 Å². The van der Waals surface area contributed by atoms with Gasteiger partial charge >= 0.3 is 0 Å². The highest BCUT2D eigenvalue weighted by Gasteiger charge is 2.21. The molecular weight excluding hydrogens is 316 g/mol. The van der Waals surface area contributed by atoms with Gasteiger partial charge in [0, 0.05) is 47.4 Å². The molecule has 0 aliphatic rings. The van der Waals surface area contributed by atoms with E-state index in [9.17, 15) is 0 Å². The van der Waals surface area contributed by atoms with Gasteiger partial charge in [-0.2, -0.15) is 0 Å². The van der Waals surface area contributed by atoms with E-state index in [1.807, 2.05) is 45.5 Å². The summed E-state index contributed by atoms with van der Waals surface area (Å²) >= 11 is 0. The van der Waals surface area contributed by atoms with Crippen molar-refractivity contribution in [2.45, 2.75) is 78.9 Å². The van der Waals surface area contributed by atoms with E-state index >= 15 is 0 Å². The maximum Gasteiger partial charge on any atom is 0.0943 e. The van der Waals surface area contributed by atoms with Crippen LogP contribution in [0.25, 0.3) is 0 Å². The summed E-state index contributed by atoms with van der Waals surface area (Å²) in [5.41, 5.74) is 0.208. The van der Waals surface area contributed by atoms with Crippen molar-refractivity contribution in [1.82, 2.24) is 9.55 Å². The molecule has 1 heterocycles. The minimum Gasteiger partial charge on any atom is -0.385 e. The lowest BCUT2D eigenvalue weighted by Crippen LogP contribution is -2.28. The van der Waals surface area contributed by atoms with E-state index in [1.54, 1.807) is 33.9 Å². The van der Waals surface area contributed by atoms with E-state index in [0.29, 0.717) is 0 Å². The molecule has 0 fully saturated rings. The zero-order valence-corrected chi connectivity index (χ0v) is 18.7.